The maximum Gasteiger partial charge on any atom is 0.283 e. The van der Waals surface area contributed by atoms with Crippen molar-refractivity contribution in [3.63, 3.8) is 0 Å². The Kier molecular flexibility index (Phi) is 4.35. The zero-order valence-corrected chi connectivity index (χ0v) is 11.7. The summed E-state index contributed by atoms with van der Waals surface area (Å²) in [5.74, 6) is 0. The molecule has 7 heteroatoms. The highest BCUT2D eigenvalue weighted by atomic mass is 32.2. The molecule has 0 spiro atoms. The van der Waals surface area contributed by atoms with Gasteiger partial charge in [0.1, 0.15) is 4.32 Å². The predicted molar refractivity (Wildman–Crippen MR) is 77.1 cm³/mol. The predicted octanol–water partition coefficient (Wildman–Crippen LogP) is 2.94. The molecule has 1 heterocycles. The summed E-state index contributed by atoms with van der Waals surface area (Å²) in [6.07, 6.45) is 2.20. The van der Waals surface area contributed by atoms with Gasteiger partial charge < -0.3 is 4.90 Å². The quantitative estimate of drug-likeness (QED) is 0.361. The zero-order chi connectivity index (χ0) is 13.8. The molecule has 0 aliphatic carbocycles. The highest BCUT2D eigenvalue weighted by Crippen LogP contribution is 2.32. The van der Waals surface area contributed by atoms with Crippen LogP contribution >= 0.6 is 24.0 Å². The minimum absolute atomic E-state index is 0.00875. The van der Waals surface area contributed by atoms with E-state index in [1.807, 2.05) is 11.0 Å². The smallest absolute Gasteiger partial charge is 0.283 e. The van der Waals surface area contributed by atoms with Crippen molar-refractivity contribution in [2.75, 3.05) is 13.1 Å². The molecule has 0 aromatic heterocycles. The molecule has 0 N–H and O–H groups in total. The van der Waals surface area contributed by atoms with Crippen molar-refractivity contribution in [3.05, 3.63) is 33.9 Å². The number of hydrogen-bond donors (Lipinski definition) is 0. The van der Waals surface area contributed by atoms with E-state index in [1.165, 1.54) is 30.0 Å². The number of nitriles is 1. The van der Waals surface area contributed by atoms with Crippen LogP contribution in [0.4, 0.5) is 5.69 Å². The molecule has 1 aliphatic heterocycles. The molecule has 1 saturated heterocycles. The number of thioether (sulfide) groups is 1. The normalized spacial score (nSPS) is 14.2. The third-order valence-electron chi connectivity index (χ3n) is 2.85. The van der Waals surface area contributed by atoms with Crippen LogP contribution in [0.15, 0.2) is 23.1 Å². The Hall–Kier alpha value is -1.65. The first-order chi connectivity index (χ1) is 9.11. The highest BCUT2D eigenvalue weighted by molar-refractivity contribution is 8.23. The molecule has 1 aromatic carbocycles. The van der Waals surface area contributed by atoms with E-state index in [-0.39, 0.29) is 5.69 Å². The first-order valence-corrected chi connectivity index (χ1v) is 6.99. The van der Waals surface area contributed by atoms with Crippen molar-refractivity contribution < 1.29 is 4.92 Å². The second kappa shape index (κ2) is 5.99. The maximum atomic E-state index is 11.0. The Morgan fingerprint density at radius 1 is 1.47 bits per heavy atom. The number of benzene rings is 1. The highest BCUT2D eigenvalue weighted by Gasteiger charge is 2.21. The van der Waals surface area contributed by atoms with Gasteiger partial charge in [-0.05, 0) is 25.0 Å². The second-order valence-electron chi connectivity index (χ2n) is 4.11. The van der Waals surface area contributed by atoms with Gasteiger partial charge in [-0.15, -0.1) is 0 Å². The lowest BCUT2D eigenvalue weighted by Crippen LogP contribution is -2.23. The van der Waals surface area contributed by atoms with Crippen molar-refractivity contribution in [1.29, 1.82) is 5.26 Å². The molecular weight excluding hydrogens is 282 g/mol. The van der Waals surface area contributed by atoms with E-state index >= 15 is 0 Å². The zero-order valence-electron chi connectivity index (χ0n) is 10.0. The number of thiocarbonyl (C=S) groups is 1. The summed E-state index contributed by atoms with van der Waals surface area (Å²) >= 11 is 6.49. The Morgan fingerprint density at radius 3 is 2.74 bits per heavy atom. The lowest BCUT2D eigenvalue weighted by molar-refractivity contribution is -0.387. The Morgan fingerprint density at radius 2 is 2.16 bits per heavy atom. The van der Waals surface area contributed by atoms with Gasteiger partial charge in [-0.2, -0.15) is 5.26 Å². The number of hydrogen-bond acceptors (Lipinski definition) is 5. The largest absolute Gasteiger partial charge is 0.357 e. The molecule has 0 atom stereocenters. The van der Waals surface area contributed by atoms with Gasteiger partial charge in [0.15, 0.2) is 0 Å². The number of rotatable bonds is 2. The molecule has 0 unspecified atom stereocenters. The van der Waals surface area contributed by atoms with Crippen molar-refractivity contribution in [1.82, 2.24) is 4.90 Å². The Labute approximate surface area is 120 Å². The van der Waals surface area contributed by atoms with Gasteiger partial charge >= 0.3 is 0 Å². The van der Waals surface area contributed by atoms with Gasteiger partial charge in [0.05, 0.1) is 21.5 Å². The standard InChI is InChI=1S/C12H11N3O2S2/c13-8-9-3-4-10(15(16)17)11(7-9)19-12(18)14-5-1-2-6-14/h3-4,7H,1-2,5-6H2. The van der Waals surface area contributed by atoms with Crippen LogP contribution in [0.3, 0.4) is 0 Å². The Balaban J connectivity index is 2.24. The van der Waals surface area contributed by atoms with Gasteiger partial charge in [0, 0.05) is 19.2 Å². The molecule has 98 valence electrons. The summed E-state index contributed by atoms with van der Waals surface area (Å²) in [6, 6.07) is 6.30. The second-order valence-corrected chi connectivity index (χ2v) is 5.79. The molecule has 0 bridgehead atoms. The topological polar surface area (TPSA) is 70.2 Å². The molecule has 5 nitrogen and oxygen atoms in total. The third kappa shape index (κ3) is 3.22. The van der Waals surface area contributed by atoms with Crippen molar-refractivity contribution in [3.8, 4) is 6.07 Å². The van der Waals surface area contributed by atoms with Crippen LogP contribution < -0.4 is 0 Å². The van der Waals surface area contributed by atoms with Crippen LogP contribution in [0.5, 0.6) is 0 Å². The van der Waals surface area contributed by atoms with Crippen LogP contribution in [0.25, 0.3) is 0 Å². The molecule has 1 aromatic rings. The molecule has 0 amide bonds. The fourth-order valence-corrected chi connectivity index (χ4v) is 3.26. The van der Waals surface area contributed by atoms with Gasteiger partial charge in [-0.25, -0.2) is 0 Å². The summed E-state index contributed by atoms with van der Waals surface area (Å²) in [7, 11) is 0. The van der Waals surface area contributed by atoms with Crippen molar-refractivity contribution >= 4 is 34.0 Å². The van der Waals surface area contributed by atoms with Crippen LogP contribution in [0, 0.1) is 21.4 Å². The number of nitro benzene ring substituents is 1. The van der Waals surface area contributed by atoms with E-state index in [9.17, 15) is 10.1 Å². The van der Waals surface area contributed by atoms with Crippen LogP contribution in [0.1, 0.15) is 18.4 Å². The summed E-state index contributed by atoms with van der Waals surface area (Å²) in [6.45, 7) is 1.80. The summed E-state index contributed by atoms with van der Waals surface area (Å²) in [5.41, 5.74) is 0.392. The minimum atomic E-state index is -0.448. The molecule has 0 radical (unpaired) electrons. The number of nitrogens with zero attached hydrogens (tertiary/aromatic N) is 3. The molecular formula is C12H11N3O2S2. The van der Waals surface area contributed by atoms with Gasteiger partial charge in [-0.3, -0.25) is 10.1 Å². The van der Waals surface area contributed by atoms with Gasteiger partial charge in [-0.1, -0.05) is 24.0 Å². The fourth-order valence-electron chi connectivity index (χ4n) is 1.87. The lowest BCUT2D eigenvalue weighted by Gasteiger charge is -2.17. The van der Waals surface area contributed by atoms with Crippen LogP contribution in [0.2, 0.25) is 0 Å². The summed E-state index contributed by atoms with van der Waals surface area (Å²) in [4.78, 5) is 13.0. The minimum Gasteiger partial charge on any atom is -0.357 e. The van der Waals surface area contributed by atoms with Crippen molar-refractivity contribution in [2.45, 2.75) is 17.7 Å². The summed E-state index contributed by atoms with van der Waals surface area (Å²) in [5, 5.41) is 19.8. The third-order valence-corrected chi connectivity index (χ3v) is 4.34. The van der Waals surface area contributed by atoms with E-state index in [0.29, 0.717) is 14.8 Å². The van der Waals surface area contributed by atoms with E-state index in [1.54, 1.807) is 0 Å². The average molecular weight is 293 g/mol. The van der Waals surface area contributed by atoms with E-state index in [0.717, 1.165) is 25.9 Å². The van der Waals surface area contributed by atoms with E-state index in [2.05, 4.69) is 0 Å². The van der Waals surface area contributed by atoms with Crippen molar-refractivity contribution in [2.24, 2.45) is 0 Å². The maximum absolute atomic E-state index is 11.0. The van der Waals surface area contributed by atoms with Crippen LogP contribution in [-0.2, 0) is 0 Å². The van der Waals surface area contributed by atoms with E-state index < -0.39 is 4.92 Å². The number of nitro groups is 1. The molecule has 0 saturated carbocycles. The average Bonchev–Trinajstić information content (AvgIpc) is 2.92. The lowest BCUT2D eigenvalue weighted by atomic mass is 10.2. The van der Waals surface area contributed by atoms with Gasteiger partial charge in [0.25, 0.3) is 5.69 Å². The van der Waals surface area contributed by atoms with E-state index in [4.69, 9.17) is 17.5 Å². The summed E-state index contributed by atoms with van der Waals surface area (Å²) < 4.78 is 0.635. The molecule has 1 aliphatic rings. The molecule has 2 rings (SSSR count). The number of likely N-dealkylation sites (tertiary alicyclic amines) is 1. The molecule has 1 fully saturated rings. The monoisotopic (exact) mass is 293 g/mol. The fraction of sp³-hybridized carbons (Fsp3) is 0.333. The first kappa shape index (κ1) is 13.8. The first-order valence-electron chi connectivity index (χ1n) is 5.77. The van der Waals surface area contributed by atoms with Gasteiger partial charge in [0.2, 0.25) is 0 Å². The Bertz CT molecular complexity index is 563. The van der Waals surface area contributed by atoms with Crippen LogP contribution in [-0.4, -0.2) is 27.2 Å². The SMILES string of the molecule is N#Cc1ccc([N+](=O)[O-])c(SC(=S)N2CCCC2)c1. The molecule has 19 heavy (non-hydrogen) atoms.